The van der Waals surface area contributed by atoms with Gasteiger partial charge < -0.3 is 4.42 Å². The van der Waals surface area contributed by atoms with Crippen LogP contribution in [0.3, 0.4) is 0 Å². The van der Waals surface area contributed by atoms with E-state index in [1.165, 1.54) is 94.4 Å². The van der Waals surface area contributed by atoms with Crippen LogP contribution in [-0.2, 0) is 0 Å². The van der Waals surface area contributed by atoms with Gasteiger partial charge in [-0.05, 0) is 119 Å². The maximum absolute atomic E-state index is 6.49. The van der Waals surface area contributed by atoms with Crippen LogP contribution >= 0.6 is 0 Å². The lowest BCUT2D eigenvalue weighted by Gasteiger charge is -2.17. The third-order valence-corrected chi connectivity index (χ3v) is 12.4. The zero-order chi connectivity index (χ0) is 37.5. The minimum atomic E-state index is 0.102. The Balaban J connectivity index is 0.997. The van der Waals surface area contributed by atoms with E-state index in [9.17, 15) is 0 Å². The Labute approximate surface area is 332 Å². The molecule has 1 heteroatoms. The zero-order valence-electron chi connectivity index (χ0n) is 31.2. The van der Waals surface area contributed by atoms with Crippen LogP contribution in [0, 0.1) is 0 Å². The summed E-state index contributed by atoms with van der Waals surface area (Å²) in [5, 5.41) is 2.33. The molecule has 0 saturated carbocycles. The first kappa shape index (κ1) is 32.1. The average molecular weight is 725 g/mol. The lowest BCUT2D eigenvalue weighted by molar-refractivity contribution is 0.669. The number of fused-ring (bicyclic) bond motifs is 9. The molecule has 2 unspecified atom stereocenters. The molecular weight excluding hydrogens is 689 g/mol. The van der Waals surface area contributed by atoms with Gasteiger partial charge in [-0.3, -0.25) is 0 Å². The third-order valence-electron chi connectivity index (χ3n) is 12.4. The van der Waals surface area contributed by atoms with Gasteiger partial charge >= 0.3 is 0 Å². The van der Waals surface area contributed by atoms with Crippen LogP contribution in [0.4, 0.5) is 0 Å². The molecule has 1 heterocycles. The number of para-hydroxylation sites is 1. The molecule has 10 aromatic rings. The van der Waals surface area contributed by atoms with E-state index in [0.29, 0.717) is 0 Å². The Morgan fingerprint density at radius 2 is 0.754 bits per heavy atom. The van der Waals surface area contributed by atoms with E-state index in [0.717, 1.165) is 16.6 Å². The van der Waals surface area contributed by atoms with Gasteiger partial charge in [0, 0.05) is 22.6 Å². The van der Waals surface area contributed by atoms with Crippen molar-refractivity contribution in [3.63, 3.8) is 0 Å². The zero-order valence-corrected chi connectivity index (χ0v) is 31.2. The van der Waals surface area contributed by atoms with E-state index in [1.54, 1.807) is 0 Å². The molecule has 9 aromatic carbocycles. The Morgan fingerprint density at radius 1 is 0.263 bits per heavy atom. The predicted molar refractivity (Wildman–Crippen MR) is 236 cm³/mol. The van der Waals surface area contributed by atoms with Crippen LogP contribution in [0.1, 0.15) is 45.2 Å². The van der Waals surface area contributed by atoms with E-state index in [2.05, 4.69) is 206 Å². The van der Waals surface area contributed by atoms with E-state index in [1.807, 2.05) is 0 Å². The SMILES string of the molecule is c1ccc(-c2cccc(C3c4ccccc4-c4cc(-c5ccc6c(c5)-c5cc7oc8ccccc8c7cc5C6c5cccc(-c6ccccc6)c5)ccc43)c2)cc1. The van der Waals surface area contributed by atoms with E-state index in [-0.39, 0.29) is 11.8 Å². The molecule has 12 rings (SSSR count). The maximum Gasteiger partial charge on any atom is 0.136 e. The van der Waals surface area contributed by atoms with E-state index in [4.69, 9.17) is 4.42 Å². The smallest absolute Gasteiger partial charge is 0.136 e. The quantitative estimate of drug-likeness (QED) is 0.172. The Morgan fingerprint density at radius 3 is 1.42 bits per heavy atom. The summed E-state index contributed by atoms with van der Waals surface area (Å²) in [5.41, 5.74) is 22.4. The van der Waals surface area contributed by atoms with Gasteiger partial charge in [-0.2, -0.15) is 0 Å². The summed E-state index contributed by atoms with van der Waals surface area (Å²) >= 11 is 0. The van der Waals surface area contributed by atoms with Crippen molar-refractivity contribution >= 4 is 21.9 Å². The lowest BCUT2D eigenvalue weighted by atomic mass is 9.86. The van der Waals surface area contributed by atoms with Gasteiger partial charge in [0.15, 0.2) is 0 Å². The van der Waals surface area contributed by atoms with Gasteiger partial charge in [-0.15, -0.1) is 0 Å². The fourth-order valence-electron chi connectivity index (χ4n) is 9.81. The fraction of sp³-hybridized carbons (Fsp3) is 0.0357. The molecular formula is C56H36O. The van der Waals surface area contributed by atoms with Crippen molar-refractivity contribution in [1.29, 1.82) is 0 Å². The van der Waals surface area contributed by atoms with E-state index >= 15 is 0 Å². The molecule has 0 saturated heterocycles. The molecule has 0 aliphatic heterocycles. The third kappa shape index (κ3) is 5.09. The standard InChI is InChI=1S/C56H36O/c1-3-13-35(14-4-1)37-17-11-19-41(29-37)55-45-23-8-7-21-43(45)48-31-39(25-27-46(48)55)40-26-28-47-49(32-40)50-34-54-51(44-22-9-10-24-53(44)57-54)33-52(50)56(47)42-20-12-18-38(30-42)36-15-5-2-6-16-36/h1-34,55-56H. The Hall–Kier alpha value is -7.22. The van der Waals surface area contributed by atoms with Crippen molar-refractivity contribution in [3.8, 4) is 55.6 Å². The van der Waals surface area contributed by atoms with Gasteiger partial charge in [0.25, 0.3) is 0 Å². The first-order valence-electron chi connectivity index (χ1n) is 19.9. The van der Waals surface area contributed by atoms with Crippen LogP contribution in [0.5, 0.6) is 0 Å². The topological polar surface area (TPSA) is 13.1 Å². The first-order valence-corrected chi connectivity index (χ1v) is 19.9. The van der Waals surface area contributed by atoms with Crippen LogP contribution in [0.15, 0.2) is 211 Å². The largest absolute Gasteiger partial charge is 0.456 e. The van der Waals surface area contributed by atoms with Crippen molar-refractivity contribution in [1.82, 2.24) is 0 Å². The molecule has 2 aliphatic rings. The second-order valence-electron chi connectivity index (χ2n) is 15.6. The van der Waals surface area contributed by atoms with Crippen LogP contribution < -0.4 is 0 Å². The van der Waals surface area contributed by atoms with Crippen LogP contribution in [0.2, 0.25) is 0 Å². The molecule has 0 N–H and O–H groups in total. The fourth-order valence-corrected chi connectivity index (χ4v) is 9.81. The van der Waals surface area contributed by atoms with Gasteiger partial charge in [-0.25, -0.2) is 0 Å². The highest BCUT2D eigenvalue weighted by molar-refractivity contribution is 6.07. The number of benzene rings is 9. The molecule has 266 valence electrons. The minimum Gasteiger partial charge on any atom is -0.456 e. The summed E-state index contributed by atoms with van der Waals surface area (Å²) in [7, 11) is 0. The highest BCUT2D eigenvalue weighted by atomic mass is 16.3. The summed E-state index contributed by atoms with van der Waals surface area (Å²) in [6, 6.07) is 76.0. The van der Waals surface area contributed by atoms with Gasteiger partial charge in [-0.1, -0.05) is 176 Å². The second-order valence-corrected chi connectivity index (χ2v) is 15.6. The lowest BCUT2D eigenvalue weighted by Crippen LogP contribution is -2.00. The number of hydrogen-bond donors (Lipinski definition) is 0. The summed E-state index contributed by atoms with van der Waals surface area (Å²) in [4.78, 5) is 0. The predicted octanol–water partition coefficient (Wildman–Crippen LogP) is 14.9. The molecule has 0 radical (unpaired) electrons. The number of rotatable bonds is 5. The second kappa shape index (κ2) is 12.7. The van der Waals surface area contributed by atoms with Crippen molar-refractivity contribution < 1.29 is 4.42 Å². The number of furan rings is 1. The molecule has 57 heavy (non-hydrogen) atoms. The average Bonchev–Trinajstić information content (AvgIpc) is 3.93. The maximum atomic E-state index is 6.49. The van der Waals surface area contributed by atoms with Crippen molar-refractivity contribution in [3.05, 3.63) is 240 Å². The summed E-state index contributed by atoms with van der Waals surface area (Å²) in [6.45, 7) is 0. The molecule has 2 atom stereocenters. The highest BCUT2D eigenvalue weighted by Gasteiger charge is 2.33. The normalized spacial score (nSPS) is 15.0. The Bertz CT molecular complexity index is 3190. The summed E-state index contributed by atoms with van der Waals surface area (Å²) in [5.74, 6) is 0.282. The molecule has 0 fully saturated rings. The summed E-state index contributed by atoms with van der Waals surface area (Å²) < 4.78 is 6.49. The van der Waals surface area contributed by atoms with Gasteiger partial charge in [0.1, 0.15) is 11.2 Å². The van der Waals surface area contributed by atoms with Crippen molar-refractivity contribution in [2.24, 2.45) is 0 Å². The molecule has 1 nitrogen and oxygen atoms in total. The van der Waals surface area contributed by atoms with Crippen molar-refractivity contribution in [2.45, 2.75) is 11.8 Å². The van der Waals surface area contributed by atoms with Gasteiger partial charge in [0.2, 0.25) is 0 Å². The van der Waals surface area contributed by atoms with E-state index < -0.39 is 0 Å². The molecule has 0 amide bonds. The molecule has 2 aliphatic carbocycles. The summed E-state index contributed by atoms with van der Waals surface area (Å²) in [6.07, 6.45) is 0. The molecule has 1 aromatic heterocycles. The Kier molecular flexibility index (Phi) is 7.12. The van der Waals surface area contributed by atoms with Gasteiger partial charge in [0.05, 0.1) is 0 Å². The minimum absolute atomic E-state index is 0.102. The highest BCUT2D eigenvalue weighted by Crippen LogP contribution is 2.53. The van der Waals surface area contributed by atoms with Crippen LogP contribution in [0.25, 0.3) is 77.6 Å². The van der Waals surface area contributed by atoms with Crippen molar-refractivity contribution in [2.75, 3.05) is 0 Å². The number of hydrogen-bond acceptors (Lipinski definition) is 1. The first-order chi connectivity index (χ1) is 28.2. The van der Waals surface area contributed by atoms with Crippen LogP contribution in [-0.4, -0.2) is 0 Å². The monoisotopic (exact) mass is 724 g/mol. The molecule has 0 bridgehead atoms. The molecule has 0 spiro atoms.